The fourth-order valence-corrected chi connectivity index (χ4v) is 7.48. The fourth-order valence-electron chi connectivity index (χ4n) is 6.37. The van der Waals surface area contributed by atoms with Gasteiger partial charge in [-0.25, -0.2) is 0 Å². The SMILES string of the molecule is c1cncc(-c2ccc(N3c4ccccc4-n4c5ccc6sc7ccccc7c6c5c5cccc3c54)cc2)c1. The maximum Gasteiger partial charge on any atom is 0.0783 e. The molecule has 0 aliphatic carbocycles. The second-order valence-electron chi connectivity index (χ2n) is 10.1. The van der Waals surface area contributed by atoms with Gasteiger partial charge in [0.1, 0.15) is 0 Å². The number of rotatable bonds is 2. The van der Waals surface area contributed by atoms with Crippen molar-refractivity contribution in [1.29, 1.82) is 0 Å². The largest absolute Gasteiger partial charge is 0.306 e. The van der Waals surface area contributed by atoms with Crippen LogP contribution in [0.3, 0.4) is 0 Å². The highest BCUT2D eigenvalue weighted by molar-refractivity contribution is 7.26. The van der Waals surface area contributed by atoms with Crippen LogP contribution in [0.15, 0.2) is 128 Å². The third-order valence-electron chi connectivity index (χ3n) is 7.99. The van der Waals surface area contributed by atoms with E-state index in [4.69, 9.17) is 0 Å². The minimum Gasteiger partial charge on any atom is -0.306 e. The van der Waals surface area contributed by atoms with Gasteiger partial charge in [0.25, 0.3) is 0 Å². The maximum absolute atomic E-state index is 4.30. The molecule has 0 fully saturated rings. The lowest BCUT2D eigenvalue weighted by molar-refractivity contribution is 1.11. The van der Waals surface area contributed by atoms with Crippen molar-refractivity contribution in [2.24, 2.45) is 0 Å². The molecule has 0 saturated carbocycles. The number of thiophene rings is 1. The number of aromatic nitrogens is 2. The zero-order valence-electron chi connectivity index (χ0n) is 20.9. The summed E-state index contributed by atoms with van der Waals surface area (Å²) in [4.78, 5) is 6.71. The van der Waals surface area contributed by atoms with Gasteiger partial charge >= 0.3 is 0 Å². The molecule has 9 rings (SSSR count). The lowest BCUT2D eigenvalue weighted by Crippen LogP contribution is -2.17. The van der Waals surface area contributed by atoms with Gasteiger partial charge in [-0.1, -0.05) is 60.7 Å². The highest BCUT2D eigenvalue weighted by Gasteiger charge is 2.29. The van der Waals surface area contributed by atoms with E-state index < -0.39 is 0 Å². The van der Waals surface area contributed by atoms with Crippen LogP contribution >= 0.6 is 11.3 Å². The molecule has 39 heavy (non-hydrogen) atoms. The van der Waals surface area contributed by atoms with E-state index in [1.807, 2.05) is 29.8 Å². The van der Waals surface area contributed by atoms with Crippen LogP contribution in [0.5, 0.6) is 0 Å². The summed E-state index contributed by atoms with van der Waals surface area (Å²) in [7, 11) is 0. The van der Waals surface area contributed by atoms with E-state index >= 15 is 0 Å². The second-order valence-corrected chi connectivity index (χ2v) is 11.1. The summed E-state index contributed by atoms with van der Waals surface area (Å²) in [6, 6.07) is 41.9. The number of hydrogen-bond acceptors (Lipinski definition) is 3. The van der Waals surface area contributed by atoms with Gasteiger partial charge in [-0.3, -0.25) is 4.98 Å². The van der Waals surface area contributed by atoms with Gasteiger partial charge in [-0.2, -0.15) is 0 Å². The molecule has 1 aliphatic heterocycles. The molecule has 0 amide bonds. The van der Waals surface area contributed by atoms with E-state index in [0.717, 1.165) is 16.8 Å². The molecule has 0 N–H and O–H groups in total. The quantitative estimate of drug-likeness (QED) is 0.228. The zero-order valence-corrected chi connectivity index (χ0v) is 21.7. The Morgan fingerprint density at radius 1 is 0.538 bits per heavy atom. The molecule has 4 heteroatoms. The molecule has 5 aromatic carbocycles. The molecule has 0 bridgehead atoms. The van der Waals surface area contributed by atoms with Crippen LogP contribution in [-0.4, -0.2) is 9.55 Å². The molecule has 1 aliphatic rings. The van der Waals surface area contributed by atoms with Crippen LogP contribution in [0.4, 0.5) is 17.1 Å². The summed E-state index contributed by atoms with van der Waals surface area (Å²) in [6.07, 6.45) is 3.73. The summed E-state index contributed by atoms with van der Waals surface area (Å²) in [5.41, 5.74) is 9.52. The summed E-state index contributed by atoms with van der Waals surface area (Å²) >= 11 is 1.88. The molecule has 0 saturated heterocycles. The molecule has 4 heterocycles. The predicted molar refractivity (Wildman–Crippen MR) is 165 cm³/mol. The molecule has 182 valence electrons. The van der Waals surface area contributed by atoms with Crippen molar-refractivity contribution >= 4 is 70.4 Å². The van der Waals surface area contributed by atoms with Crippen LogP contribution < -0.4 is 4.90 Å². The lowest BCUT2D eigenvalue weighted by Gasteiger charge is -2.33. The summed E-state index contributed by atoms with van der Waals surface area (Å²) in [5, 5.41) is 5.33. The molecular formula is C35H21N3S. The van der Waals surface area contributed by atoms with Gasteiger partial charge in [0, 0.05) is 49.0 Å². The van der Waals surface area contributed by atoms with E-state index in [1.165, 1.54) is 59.0 Å². The van der Waals surface area contributed by atoms with Crippen molar-refractivity contribution in [1.82, 2.24) is 9.55 Å². The van der Waals surface area contributed by atoms with Crippen molar-refractivity contribution in [3.05, 3.63) is 128 Å². The third-order valence-corrected chi connectivity index (χ3v) is 9.13. The Hall–Kier alpha value is -4.93. The van der Waals surface area contributed by atoms with Gasteiger partial charge < -0.3 is 9.47 Å². The molecule has 3 nitrogen and oxygen atoms in total. The highest BCUT2D eigenvalue weighted by Crippen LogP contribution is 2.51. The van der Waals surface area contributed by atoms with Crippen LogP contribution in [0.2, 0.25) is 0 Å². The van der Waals surface area contributed by atoms with Gasteiger partial charge in [0.2, 0.25) is 0 Å². The lowest BCUT2D eigenvalue weighted by atomic mass is 10.0. The van der Waals surface area contributed by atoms with Gasteiger partial charge in [-0.15, -0.1) is 11.3 Å². The van der Waals surface area contributed by atoms with Crippen LogP contribution in [0.1, 0.15) is 0 Å². The number of anilines is 3. The first-order valence-electron chi connectivity index (χ1n) is 13.1. The highest BCUT2D eigenvalue weighted by atomic mass is 32.1. The van der Waals surface area contributed by atoms with Crippen molar-refractivity contribution in [3.63, 3.8) is 0 Å². The van der Waals surface area contributed by atoms with Crippen LogP contribution in [-0.2, 0) is 0 Å². The van der Waals surface area contributed by atoms with Crippen molar-refractivity contribution in [2.45, 2.75) is 0 Å². The third kappa shape index (κ3) is 2.84. The average molecular weight is 516 g/mol. The number of benzene rings is 5. The monoisotopic (exact) mass is 515 g/mol. The Bertz CT molecular complexity index is 2220. The Kier molecular flexibility index (Phi) is 4.21. The zero-order chi connectivity index (χ0) is 25.5. The van der Waals surface area contributed by atoms with E-state index in [2.05, 4.69) is 124 Å². The van der Waals surface area contributed by atoms with E-state index in [9.17, 15) is 0 Å². The second kappa shape index (κ2) is 7.79. The molecule has 8 aromatic rings. The Balaban J connectivity index is 1.37. The van der Waals surface area contributed by atoms with Crippen LogP contribution in [0.25, 0.3) is 58.8 Å². The molecule has 0 unspecified atom stereocenters. The maximum atomic E-state index is 4.30. The van der Waals surface area contributed by atoms with Gasteiger partial charge in [0.15, 0.2) is 0 Å². The average Bonchev–Trinajstić information content (AvgIpc) is 3.55. The van der Waals surface area contributed by atoms with E-state index in [-0.39, 0.29) is 0 Å². The van der Waals surface area contributed by atoms with Crippen LogP contribution in [0, 0.1) is 0 Å². The molecule has 0 atom stereocenters. The first kappa shape index (κ1) is 21.1. The van der Waals surface area contributed by atoms with E-state index in [0.29, 0.717) is 0 Å². The standard InChI is InChI=1S/C35H21N3S/c1-4-13-31-25(8-1)34-32(39-31)19-18-29-33(34)26-9-5-12-30-35(26)38(29)28-11-3-2-10-27(28)37(30)24-16-14-22(15-17-24)23-7-6-20-36-21-23/h1-21H. The smallest absolute Gasteiger partial charge is 0.0783 e. The van der Waals surface area contributed by atoms with Crippen molar-refractivity contribution < 1.29 is 0 Å². The number of para-hydroxylation sites is 3. The molecular weight excluding hydrogens is 494 g/mol. The number of hydrogen-bond donors (Lipinski definition) is 0. The van der Waals surface area contributed by atoms with E-state index in [1.54, 1.807) is 0 Å². The Morgan fingerprint density at radius 2 is 1.33 bits per heavy atom. The van der Waals surface area contributed by atoms with Gasteiger partial charge in [0.05, 0.1) is 28.1 Å². The molecule has 3 aromatic heterocycles. The Labute approximate surface area is 228 Å². The minimum absolute atomic E-state index is 1.12. The normalized spacial score (nSPS) is 12.6. The fraction of sp³-hybridized carbons (Fsp3) is 0. The number of nitrogens with zero attached hydrogens (tertiary/aromatic N) is 3. The van der Waals surface area contributed by atoms with Crippen molar-refractivity contribution in [3.8, 4) is 16.8 Å². The van der Waals surface area contributed by atoms with Gasteiger partial charge in [-0.05, 0) is 65.7 Å². The topological polar surface area (TPSA) is 21.1 Å². The molecule has 0 spiro atoms. The summed E-state index contributed by atoms with van der Waals surface area (Å²) < 4.78 is 5.15. The first-order valence-corrected chi connectivity index (χ1v) is 14.0. The van der Waals surface area contributed by atoms with Crippen molar-refractivity contribution in [2.75, 3.05) is 4.90 Å². The predicted octanol–water partition coefficient (Wildman–Crippen LogP) is 10.00. The first-order chi connectivity index (χ1) is 19.4. The molecule has 0 radical (unpaired) electrons. The number of pyridine rings is 1. The Morgan fingerprint density at radius 3 is 2.21 bits per heavy atom. The summed E-state index contributed by atoms with van der Waals surface area (Å²) in [5.74, 6) is 0. The number of fused-ring (bicyclic) bond motifs is 9. The summed E-state index contributed by atoms with van der Waals surface area (Å²) in [6.45, 7) is 0. The minimum atomic E-state index is 1.12.